The van der Waals surface area contributed by atoms with Gasteiger partial charge in [-0.2, -0.15) is 1.33 Å². The average molecular weight is 764 g/mol. The van der Waals surface area contributed by atoms with E-state index in [4.69, 9.17) is 9.47 Å². The van der Waals surface area contributed by atoms with E-state index in [1.54, 1.807) is 14.2 Å². The van der Waals surface area contributed by atoms with Crippen LogP contribution in [-0.2, 0) is 32.9 Å². The summed E-state index contributed by atoms with van der Waals surface area (Å²) in [6.45, 7) is 0.819. The van der Waals surface area contributed by atoms with Gasteiger partial charge in [0.25, 0.3) is 0 Å². The van der Waals surface area contributed by atoms with E-state index in [-0.39, 0.29) is 0 Å². The van der Waals surface area contributed by atoms with Crippen molar-refractivity contribution in [1.29, 1.82) is 0 Å². The molecule has 1 aromatic carbocycles. The number of nitrogens with zero attached hydrogens (tertiary/aromatic N) is 3. The van der Waals surface area contributed by atoms with Gasteiger partial charge in [-0.25, -0.2) is 0 Å². The Labute approximate surface area is 194 Å². The molecule has 0 amide bonds. The first kappa shape index (κ1) is 22.4. The largest absolute Gasteiger partial charge is 0.185 e. The zero-order valence-corrected chi connectivity index (χ0v) is 21.8. The van der Waals surface area contributed by atoms with Crippen LogP contribution in [0, 0.1) is 3.80 Å². The molecule has 1 aliphatic rings. The normalized spacial score (nSPS) is 14.3. The van der Waals surface area contributed by atoms with E-state index in [2.05, 4.69) is 87.8 Å². The van der Waals surface area contributed by atoms with Crippen molar-refractivity contribution in [3.8, 4) is 11.5 Å². The zero-order chi connectivity index (χ0) is 19.1. The van der Waals surface area contributed by atoms with Crippen LogP contribution < -0.4 is 9.47 Å². The molecule has 0 N–H and O–H groups in total. The molecule has 0 aliphatic heterocycles. The summed E-state index contributed by atoms with van der Waals surface area (Å²) < 4.78 is 18.3. The molecule has 0 bridgehead atoms. The van der Waals surface area contributed by atoms with Gasteiger partial charge in [0.15, 0.2) is 0 Å². The van der Waals surface area contributed by atoms with Crippen LogP contribution in [-0.4, -0.2) is 30.7 Å². The minimum atomic E-state index is 0.758. The molecule has 5 nitrogen and oxygen atoms in total. The molecular formula is C18H25I2N3O2Pt. The monoisotopic (exact) mass is 764 g/mol. The zero-order valence-electron chi connectivity index (χ0n) is 15.2. The van der Waals surface area contributed by atoms with Crippen molar-refractivity contribution in [3.63, 3.8) is 0 Å². The summed E-state index contributed by atoms with van der Waals surface area (Å²) in [5, 5.41) is 0. The van der Waals surface area contributed by atoms with Crippen molar-refractivity contribution < 1.29 is 28.8 Å². The van der Waals surface area contributed by atoms with Crippen molar-refractivity contribution in [3.05, 3.63) is 40.0 Å². The number of halogens is 2. The summed E-state index contributed by atoms with van der Waals surface area (Å²) >= 11 is 7.04. The van der Waals surface area contributed by atoms with Crippen LogP contribution in [0.3, 0.4) is 0 Å². The van der Waals surface area contributed by atoms with Crippen molar-refractivity contribution in [1.82, 2.24) is 10.5 Å². The molecule has 8 heteroatoms. The predicted molar refractivity (Wildman–Crippen MR) is 117 cm³/mol. The summed E-state index contributed by atoms with van der Waals surface area (Å²) in [5.74, 6) is 1.52. The van der Waals surface area contributed by atoms with Gasteiger partial charge in [-0.1, -0.05) is 12.8 Å². The van der Waals surface area contributed by atoms with Crippen LogP contribution in [0.1, 0.15) is 31.2 Å². The number of hydrogen-bond donors (Lipinski definition) is 0. The van der Waals surface area contributed by atoms with Crippen LogP contribution in [0.2, 0.25) is 0 Å². The Morgan fingerprint density at radius 1 is 1.12 bits per heavy atom. The van der Waals surface area contributed by atoms with Crippen LogP contribution in [0.25, 0.3) is 0 Å². The Hall–Kier alpha value is 0.138. The third-order valence-corrected chi connectivity index (χ3v) is 7.39. The van der Waals surface area contributed by atoms with Crippen molar-refractivity contribution in [2.45, 2.75) is 38.3 Å². The van der Waals surface area contributed by atoms with E-state index in [0.717, 1.165) is 24.1 Å². The van der Waals surface area contributed by atoms with Gasteiger partial charge in [0.1, 0.15) is 0 Å². The molecule has 0 atom stereocenters. The summed E-state index contributed by atoms with van der Waals surface area (Å²) in [6, 6.07) is 6.87. The standard InChI is InChI=1S/C13H16N2O2.C5H9I2N.Pt/c1-14-6-7-15(10-14)9-11-4-5-12(16-2)13(8-11)17-3;6-8(7)5-3-1-2-4-5;/h4-8H,9H2,1-3H3;5H,1-4H2;. The Balaban J connectivity index is 0.000000254. The van der Waals surface area contributed by atoms with Gasteiger partial charge >= 0.3 is 117 Å². The van der Waals surface area contributed by atoms with Gasteiger partial charge in [0.05, 0.1) is 0 Å². The second-order valence-electron chi connectivity index (χ2n) is 6.17. The molecule has 148 valence electrons. The molecule has 0 spiro atoms. The van der Waals surface area contributed by atoms with Gasteiger partial charge in [-0.05, 0) is 12.8 Å². The van der Waals surface area contributed by atoms with E-state index >= 15 is 0 Å². The van der Waals surface area contributed by atoms with E-state index in [0.29, 0.717) is 0 Å². The van der Waals surface area contributed by atoms with Crippen LogP contribution in [0.5, 0.6) is 11.5 Å². The maximum Gasteiger partial charge on any atom is 0.0311 e. The molecule has 1 aromatic heterocycles. The van der Waals surface area contributed by atoms with Gasteiger partial charge in [0, 0.05) is 51.8 Å². The molecule has 0 unspecified atom stereocenters. The van der Waals surface area contributed by atoms with E-state index < -0.39 is 0 Å². The molecule has 1 fully saturated rings. The smallest absolute Gasteiger partial charge is 0.0311 e. The minimum Gasteiger partial charge on any atom is -0.185 e. The first-order valence-electron chi connectivity index (χ1n) is 8.45. The number of methoxy groups -OCH3 is 2. The Morgan fingerprint density at radius 2 is 1.77 bits per heavy atom. The number of imidazole rings is 1. The van der Waals surface area contributed by atoms with Crippen LogP contribution >= 0.6 is 45.7 Å². The van der Waals surface area contributed by atoms with Gasteiger partial charge in [-0.3, -0.25) is 0 Å². The van der Waals surface area contributed by atoms with Gasteiger partial charge < -0.3 is 0 Å². The maximum absolute atomic E-state index is 5.31. The summed E-state index contributed by atoms with van der Waals surface area (Å²) in [5.41, 5.74) is 1.18. The minimum absolute atomic E-state index is 0.758. The molecular weight excluding hydrogens is 739 g/mol. The fraction of sp³-hybridized carbons (Fsp3) is 0.500. The Morgan fingerprint density at radius 3 is 2.23 bits per heavy atom. The van der Waals surface area contributed by atoms with Crippen LogP contribution in [0.15, 0.2) is 30.6 Å². The quantitative estimate of drug-likeness (QED) is 0.321. The van der Waals surface area contributed by atoms with E-state index in [9.17, 15) is 0 Å². The molecule has 0 saturated heterocycles. The molecule has 0 radical (unpaired) electrons. The fourth-order valence-corrected chi connectivity index (χ4v) is 4.52. The first-order valence-corrected chi connectivity index (χ1v) is 11.5. The number of benzene rings is 1. The van der Waals surface area contributed by atoms with E-state index in [1.165, 1.54) is 35.1 Å². The Kier molecular flexibility index (Phi) is 9.67. The Bertz CT molecular complexity index is 755. The molecule has 1 saturated carbocycles. The number of rotatable bonds is 5. The van der Waals surface area contributed by atoms with Gasteiger partial charge in [-0.15, -0.1) is 0 Å². The number of ether oxygens (including phenoxy) is 2. The first-order chi connectivity index (χ1) is 12.5. The number of aryl methyl sites for hydroxylation is 1. The SMILES string of the molecule is COc1ccc(Cn2ccn(C)[c]2=[Pt])cc1OC.IN(I)C1CCCC1. The van der Waals surface area contributed by atoms with Crippen molar-refractivity contribution >= 4 is 45.7 Å². The molecule has 2 aromatic rings. The van der Waals surface area contributed by atoms with Gasteiger partial charge in [0.2, 0.25) is 0 Å². The second kappa shape index (κ2) is 11.2. The third-order valence-electron chi connectivity index (χ3n) is 4.36. The van der Waals surface area contributed by atoms with Crippen molar-refractivity contribution in [2.24, 2.45) is 7.05 Å². The van der Waals surface area contributed by atoms with Crippen molar-refractivity contribution in [2.75, 3.05) is 14.2 Å². The average Bonchev–Trinajstić information content (AvgIpc) is 3.28. The van der Waals surface area contributed by atoms with E-state index in [1.807, 2.05) is 25.4 Å². The number of aromatic nitrogens is 2. The predicted octanol–water partition coefficient (Wildman–Crippen LogP) is 4.90. The molecule has 1 heterocycles. The fourth-order valence-electron chi connectivity index (χ4n) is 2.89. The summed E-state index contributed by atoms with van der Waals surface area (Å²) in [4.78, 5) is 0. The third kappa shape index (κ3) is 6.34. The summed E-state index contributed by atoms with van der Waals surface area (Å²) in [7, 11) is 5.33. The molecule has 3 rings (SSSR count). The maximum atomic E-state index is 5.31. The molecule has 26 heavy (non-hydrogen) atoms. The number of hydrogen-bond acceptors (Lipinski definition) is 3. The van der Waals surface area contributed by atoms with Crippen LogP contribution in [0.4, 0.5) is 0 Å². The second-order valence-corrected chi connectivity index (χ2v) is 11.1. The topological polar surface area (TPSA) is 31.6 Å². The molecule has 1 aliphatic carbocycles. The summed E-state index contributed by atoms with van der Waals surface area (Å²) in [6.07, 6.45) is 9.81.